The molecule has 0 aliphatic rings. The van der Waals surface area contributed by atoms with E-state index < -0.39 is 11.7 Å². The smallest absolute Gasteiger partial charge is 0.413 e. The molecule has 5 heteroatoms. The van der Waals surface area contributed by atoms with Crippen LogP contribution in [0, 0.1) is 0 Å². The number of carbonyl (C=O) groups is 1. The van der Waals surface area contributed by atoms with Gasteiger partial charge >= 0.3 is 6.09 Å². The van der Waals surface area contributed by atoms with Crippen molar-refractivity contribution in [2.24, 2.45) is 0 Å². The molecule has 0 aliphatic carbocycles. The molecule has 0 unspecified atom stereocenters. The first-order valence-electron chi connectivity index (χ1n) is 4.94. The van der Waals surface area contributed by atoms with Gasteiger partial charge in [-0.2, -0.15) is 0 Å². The molecule has 1 aromatic heterocycles. The largest absolute Gasteiger partial charge is 0.444 e. The molecule has 1 aromatic rings. The third-order valence-corrected chi connectivity index (χ3v) is 1.60. The van der Waals surface area contributed by atoms with Crippen molar-refractivity contribution in [2.75, 3.05) is 5.32 Å². The van der Waals surface area contributed by atoms with Crippen LogP contribution in [0.2, 0.25) is 0 Å². The zero-order valence-corrected chi connectivity index (χ0v) is 9.55. The van der Waals surface area contributed by atoms with E-state index in [1.165, 1.54) is 0 Å². The maximum Gasteiger partial charge on any atom is 0.413 e. The number of amides is 1. The molecular weight excluding hydrogens is 194 g/mol. The minimum atomic E-state index is -0.488. The number of hydrogen-bond acceptors (Lipinski definition) is 3. The zero-order chi connectivity index (χ0) is 11.5. The van der Waals surface area contributed by atoms with E-state index in [2.05, 4.69) is 15.3 Å². The molecule has 0 fully saturated rings. The molecule has 0 bridgehead atoms. The van der Waals surface area contributed by atoms with Crippen molar-refractivity contribution in [3.05, 3.63) is 12.0 Å². The number of imidazole rings is 1. The average Bonchev–Trinajstić information content (AvgIpc) is 2.48. The van der Waals surface area contributed by atoms with Gasteiger partial charge in [-0.05, 0) is 20.8 Å². The van der Waals surface area contributed by atoms with Crippen LogP contribution in [0.5, 0.6) is 0 Å². The first-order valence-corrected chi connectivity index (χ1v) is 4.94. The molecule has 5 nitrogen and oxygen atoms in total. The van der Waals surface area contributed by atoms with Crippen LogP contribution in [-0.4, -0.2) is 21.7 Å². The van der Waals surface area contributed by atoms with E-state index in [9.17, 15) is 4.79 Å². The third kappa shape index (κ3) is 4.01. The van der Waals surface area contributed by atoms with Gasteiger partial charge in [-0.3, -0.25) is 5.32 Å². The number of aryl methyl sites for hydroxylation is 1. The average molecular weight is 211 g/mol. The molecule has 0 spiro atoms. The first kappa shape index (κ1) is 11.6. The number of nitrogens with zero attached hydrogens (tertiary/aromatic N) is 1. The lowest BCUT2D eigenvalue weighted by molar-refractivity contribution is 0.0635. The lowest BCUT2D eigenvalue weighted by atomic mass is 10.2. The van der Waals surface area contributed by atoms with E-state index in [0.717, 1.165) is 12.2 Å². The topological polar surface area (TPSA) is 67.0 Å². The molecule has 84 valence electrons. The molecule has 1 heterocycles. The number of aromatic nitrogens is 2. The van der Waals surface area contributed by atoms with Crippen molar-refractivity contribution < 1.29 is 9.53 Å². The summed E-state index contributed by atoms with van der Waals surface area (Å²) in [6.45, 7) is 7.43. The number of aromatic amines is 1. The van der Waals surface area contributed by atoms with Gasteiger partial charge in [0, 0.05) is 6.42 Å². The van der Waals surface area contributed by atoms with Crippen LogP contribution in [-0.2, 0) is 11.2 Å². The normalized spacial score (nSPS) is 11.2. The van der Waals surface area contributed by atoms with E-state index in [4.69, 9.17) is 4.74 Å². The van der Waals surface area contributed by atoms with Gasteiger partial charge < -0.3 is 9.72 Å². The maximum atomic E-state index is 11.3. The Morgan fingerprint density at radius 2 is 2.27 bits per heavy atom. The van der Waals surface area contributed by atoms with Gasteiger partial charge in [0.2, 0.25) is 0 Å². The summed E-state index contributed by atoms with van der Waals surface area (Å²) >= 11 is 0. The molecule has 0 saturated heterocycles. The number of hydrogen-bond donors (Lipinski definition) is 2. The van der Waals surface area contributed by atoms with Gasteiger partial charge in [-0.25, -0.2) is 9.78 Å². The summed E-state index contributed by atoms with van der Waals surface area (Å²) in [5.74, 6) is 1.39. The molecule has 2 N–H and O–H groups in total. The van der Waals surface area contributed by atoms with Crippen LogP contribution in [0.25, 0.3) is 0 Å². The fourth-order valence-corrected chi connectivity index (χ4v) is 1.02. The number of H-pyrrole nitrogens is 1. The van der Waals surface area contributed by atoms with Crippen molar-refractivity contribution >= 4 is 11.9 Å². The molecule has 1 rings (SSSR count). The quantitative estimate of drug-likeness (QED) is 0.788. The van der Waals surface area contributed by atoms with E-state index in [-0.39, 0.29) is 0 Å². The highest BCUT2D eigenvalue weighted by Crippen LogP contribution is 2.10. The van der Waals surface area contributed by atoms with Crippen molar-refractivity contribution in [1.82, 2.24) is 9.97 Å². The van der Waals surface area contributed by atoms with Gasteiger partial charge in [0.25, 0.3) is 0 Å². The number of rotatable bonds is 2. The van der Waals surface area contributed by atoms with Crippen molar-refractivity contribution in [2.45, 2.75) is 39.7 Å². The highest BCUT2D eigenvalue weighted by Gasteiger charge is 2.16. The maximum absolute atomic E-state index is 11.3. The molecule has 0 saturated carbocycles. The number of anilines is 1. The van der Waals surface area contributed by atoms with Gasteiger partial charge in [0.05, 0.1) is 6.20 Å². The SMILES string of the molecule is CCc1ncc(NC(=O)OC(C)(C)C)[nH]1. The fourth-order valence-electron chi connectivity index (χ4n) is 1.02. The predicted molar refractivity (Wildman–Crippen MR) is 57.8 cm³/mol. The minimum Gasteiger partial charge on any atom is -0.444 e. The van der Waals surface area contributed by atoms with Crippen molar-refractivity contribution in [3.8, 4) is 0 Å². The van der Waals surface area contributed by atoms with Gasteiger partial charge in [-0.1, -0.05) is 6.92 Å². The molecule has 0 radical (unpaired) electrons. The Bertz CT molecular complexity index is 339. The standard InChI is InChI=1S/C10H17N3O2/c1-5-7-11-6-8(12-7)13-9(14)15-10(2,3)4/h6H,5H2,1-4H3,(H,11,12)(H,13,14). The second-order valence-corrected chi connectivity index (χ2v) is 4.22. The van der Waals surface area contributed by atoms with Gasteiger partial charge in [-0.15, -0.1) is 0 Å². The molecule has 15 heavy (non-hydrogen) atoms. The molecule has 1 amide bonds. The third-order valence-electron chi connectivity index (χ3n) is 1.60. The Labute approximate surface area is 89.2 Å². The van der Waals surface area contributed by atoms with E-state index >= 15 is 0 Å². The van der Waals surface area contributed by atoms with Crippen LogP contribution in [0.1, 0.15) is 33.5 Å². The van der Waals surface area contributed by atoms with Crippen LogP contribution in [0.3, 0.4) is 0 Å². The number of carbonyl (C=O) groups excluding carboxylic acids is 1. The first-order chi connectivity index (χ1) is 6.90. The van der Waals surface area contributed by atoms with Gasteiger partial charge in [0.15, 0.2) is 0 Å². The summed E-state index contributed by atoms with van der Waals surface area (Å²) in [5, 5.41) is 2.57. The second-order valence-electron chi connectivity index (χ2n) is 4.22. The molecule has 0 atom stereocenters. The number of nitrogens with one attached hydrogen (secondary N) is 2. The Balaban J connectivity index is 2.51. The summed E-state index contributed by atoms with van der Waals surface area (Å²) in [5.41, 5.74) is -0.488. The van der Waals surface area contributed by atoms with Crippen LogP contribution < -0.4 is 5.32 Å². The van der Waals surface area contributed by atoms with Crippen LogP contribution >= 0.6 is 0 Å². The molecule has 0 aliphatic heterocycles. The van der Waals surface area contributed by atoms with E-state index in [1.807, 2.05) is 27.7 Å². The van der Waals surface area contributed by atoms with E-state index in [1.54, 1.807) is 6.20 Å². The number of ether oxygens (including phenoxy) is 1. The second kappa shape index (κ2) is 4.33. The zero-order valence-electron chi connectivity index (χ0n) is 9.55. The molecular formula is C10H17N3O2. The lowest BCUT2D eigenvalue weighted by Gasteiger charge is -2.19. The van der Waals surface area contributed by atoms with E-state index in [0.29, 0.717) is 5.82 Å². The van der Waals surface area contributed by atoms with Crippen molar-refractivity contribution in [1.29, 1.82) is 0 Å². The monoisotopic (exact) mass is 211 g/mol. The Morgan fingerprint density at radius 3 is 2.73 bits per heavy atom. The van der Waals surface area contributed by atoms with Gasteiger partial charge in [0.1, 0.15) is 17.2 Å². The summed E-state index contributed by atoms with van der Waals surface area (Å²) in [6.07, 6.45) is 1.90. The summed E-state index contributed by atoms with van der Waals surface area (Å²) < 4.78 is 5.09. The lowest BCUT2D eigenvalue weighted by Crippen LogP contribution is -2.27. The van der Waals surface area contributed by atoms with Crippen LogP contribution in [0.4, 0.5) is 10.6 Å². The highest BCUT2D eigenvalue weighted by atomic mass is 16.6. The Kier molecular flexibility index (Phi) is 3.34. The van der Waals surface area contributed by atoms with Crippen molar-refractivity contribution in [3.63, 3.8) is 0 Å². The fraction of sp³-hybridized carbons (Fsp3) is 0.600. The Hall–Kier alpha value is -1.52. The summed E-state index contributed by atoms with van der Waals surface area (Å²) in [4.78, 5) is 18.4. The highest BCUT2D eigenvalue weighted by molar-refractivity contribution is 5.83. The molecule has 0 aromatic carbocycles. The predicted octanol–water partition coefficient (Wildman–Crippen LogP) is 2.32. The summed E-state index contributed by atoms with van der Waals surface area (Å²) in [6, 6.07) is 0. The Morgan fingerprint density at radius 1 is 1.60 bits per heavy atom. The minimum absolute atomic E-state index is 0.478. The van der Waals surface area contributed by atoms with Crippen LogP contribution in [0.15, 0.2) is 6.20 Å². The summed E-state index contributed by atoms with van der Waals surface area (Å²) in [7, 11) is 0.